The third-order valence-electron chi connectivity index (χ3n) is 8.57. The molecule has 1 saturated carbocycles. The maximum Gasteiger partial charge on any atom is 0.306 e. The lowest BCUT2D eigenvalue weighted by molar-refractivity contribution is -0.145. The Morgan fingerprint density at radius 3 is 2.43 bits per heavy atom. The molecule has 1 unspecified atom stereocenters. The standard InChI is InChI=1S/C30H38N2O3/c1-21-4-3-15-31(21)16-13-22-7-9-23(10-8-22)24-11-12-28-20-32(17-14-25(28)18-24)29(33)26-5-2-6-27(19-26)30(34)35/h7-12,18,21,26-27H,2-6,13-17,19-20H2,1H3,(H,34,35)/t21-,26-,27?/m1/s1. The summed E-state index contributed by atoms with van der Waals surface area (Å²) in [6.07, 6.45) is 7.45. The second kappa shape index (κ2) is 10.5. The van der Waals surface area contributed by atoms with Crippen LogP contribution < -0.4 is 0 Å². The van der Waals surface area contributed by atoms with Gasteiger partial charge in [-0.1, -0.05) is 48.9 Å². The number of fused-ring (bicyclic) bond motifs is 1. The van der Waals surface area contributed by atoms with Gasteiger partial charge in [0.2, 0.25) is 5.91 Å². The third-order valence-corrected chi connectivity index (χ3v) is 8.57. The minimum atomic E-state index is -0.756. The first kappa shape index (κ1) is 24.1. The summed E-state index contributed by atoms with van der Waals surface area (Å²) in [4.78, 5) is 29.1. The average molecular weight is 475 g/mol. The van der Waals surface area contributed by atoms with E-state index in [1.807, 2.05) is 4.90 Å². The zero-order valence-corrected chi connectivity index (χ0v) is 20.9. The molecule has 35 heavy (non-hydrogen) atoms. The van der Waals surface area contributed by atoms with Crippen LogP contribution in [0, 0.1) is 11.8 Å². The molecule has 5 nitrogen and oxygen atoms in total. The van der Waals surface area contributed by atoms with Gasteiger partial charge in [0.15, 0.2) is 0 Å². The van der Waals surface area contributed by atoms with Crippen molar-refractivity contribution in [1.29, 1.82) is 0 Å². The zero-order valence-electron chi connectivity index (χ0n) is 20.9. The lowest BCUT2D eigenvalue weighted by Crippen LogP contribution is -2.41. The number of benzene rings is 2. The zero-order chi connectivity index (χ0) is 24.4. The van der Waals surface area contributed by atoms with Crippen LogP contribution in [0.15, 0.2) is 42.5 Å². The van der Waals surface area contributed by atoms with Crippen LogP contribution in [0.5, 0.6) is 0 Å². The SMILES string of the molecule is C[C@@H]1CCCN1CCc1ccc(-c2ccc3c(c2)CCN(C(=O)[C@@H]2CCCC(C(=O)O)C2)C3)cc1. The van der Waals surface area contributed by atoms with E-state index in [9.17, 15) is 14.7 Å². The van der Waals surface area contributed by atoms with E-state index in [0.717, 1.165) is 44.8 Å². The van der Waals surface area contributed by atoms with Crippen LogP contribution in [0.4, 0.5) is 0 Å². The molecule has 1 aliphatic carbocycles. The van der Waals surface area contributed by atoms with Crippen molar-refractivity contribution in [2.24, 2.45) is 11.8 Å². The van der Waals surface area contributed by atoms with E-state index in [2.05, 4.69) is 54.3 Å². The second-order valence-electron chi connectivity index (χ2n) is 10.9. The number of nitrogens with zero attached hydrogens (tertiary/aromatic N) is 2. The summed E-state index contributed by atoms with van der Waals surface area (Å²) in [6.45, 7) is 6.08. The van der Waals surface area contributed by atoms with E-state index in [1.54, 1.807) is 0 Å². The van der Waals surface area contributed by atoms with Gasteiger partial charge in [0.25, 0.3) is 0 Å². The van der Waals surface area contributed by atoms with Crippen molar-refractivity contribution < 1.29 is 14.7 Å². The molecule has 1 amide bonds. The molecule has 3 atom stereocenters. The maximum absolute atomic E-state index is 13.1. The number of hydrogen-bond donors (Lipinski definition) is 1. The molecule has 1 saturated heterocycles. The van der Waals surface area contributed by atoms with Crippen molar-refractivity contribution in [2.75, 3.05) is 19.6 Å². The van der Waals surface area contributed by atoms with Gasteiger partial charge >= 0.3 is 5.97 Å². The van der Waals surface area contributed by atoms with Crippen molar-refractivity contribution in [3.63, 3.8) is 0 Å². The molecule has 186 valence electrons. The highest BCUT2D eigenvalue weighted by Gasteiger charge is 2.34. The van der Waals surface area contributed by atoms with Gasteiger partial charge < -0.3 is 14.9 Å². The van der Waals surface area contributed by atoms with Gasteiger partial charge in [-0.25, -0.2) is 0 Å². The minimum absolute atomic E-state index is 0.141. The van der Waals surface area contributed by atoms with E-state index in [0.29, 0.717) is 19.4 Å². The number of amides is 1. The van der Waals surface area contributed by atoms with Crippen LogP contribution >= 0.6 is 0 Å². The molecule has 0 spiro atoms. The maximum atomic E-state index is 13.1. The Labute approximate surface area is 209 Å². The van der Waals surface area contributed by atoms with Gasteiger partial charge in [0.1, 0.15) is 0 Å². The van der Waals surface area contributed by atoms with Gasteiger partial charge in [-0.15, -0.1) is 0 Å². The molecule has 2 aromatic rings. The number of likely N-dealkylation sites (tertiary alicyclic amines) is 1. The fourth-order valence-corrected chi connectivity index (χ4v) is 6.28. The van der Waals surface area contributed by atoms with Crippen LogP contribution in [0.1, 0.15) is 62.1 Å². The number of carboxylic acid groups (broad SMARTS) is 1. The topological polar surface area (TPSA) is 60.9 Å². The second-order valence-corrected chi connectivity index (χ2v) is 10.9. The molecule has 0 radical (unpaired) electrons. The quantitative estimate of drug-likeness (QED) is 0.629. The Hall–Kier alpha value is -2.66. The molecule has 5 heteroatoms. The van der Waals surface area contributed by atoms with E-state index < -0.39 is 5.97 Å². The highest BCUT2D eigenvalue weighted by Crippen LogP contribution is 2.33. The van der Waals surface area contributed by atoms with Crippen molar-refractivity contribution in [3.8, 4) is 11.1 Å². The molecule has 0 aromatic heterocycles. The van der Waals surface area contributed by atoms with Crippen molar-refractivity contribution >= 4 is 11.9 Å². The average Bonchev–Trinajstić information content (AvgIpc) is 3.31. The summed E-state index contributed by atoms with van der Waals surface area (Å²) in [5.41, 5.74) is 6.42. The molecule has 2 fully saturated rings. The highest BCUT2D eigenvalue weighted by molar-refractivity contribution is 5.80. The summed E-state index contributed by atoms with van der Waals surface area (Å²) >= 11 is 0. The molecule has 2 aliphatic heterocycles. The number of carboxylic acids is 1. The van der Waals surface area contributed by atoms with Gasteiger partial charge in [0.05, 0.1) is 5.92 Å². The molecule has 3 aliphatic rings. The first-order valence-corrected chi connectivity index (χ1v) is 13.4. The fourth-order valence-electron chi connectivity index (χ4n) is 6.28. The van der Waals surface area contributed by atoms with Gasteiger partial charge in [0, 0.05) is 31.6 Å². The number of aliphatic carboxylic acids is 1. The number of hydrogen-bond acceptors (Lipinski definition) is 3. The Kier molecular flexibility index (Phi) is 7.24. The van der Waals surface area contributed by atoms with Crippen LogP contribution in [-0.4, -0.2) is 52.5 Å². The Balaban J connectivity index is 1.20. The summed E-state index contributed by atoms with van der Waals surface area (Å²) in [6, 6.07) is 16.4. The van der Waals surface area contributed by atoms with E-state index >= 15 is 0 Å². The Bertz CT molecular complexity index is 1060. The molecule has 2 aromatic carbocycles. The monoisotopic (exact) mass is 474 g/mol. The Morgan fingerprint density at radius 1 is 0.914 bits per heavy atom. The van der Waals surface area contributed by atoms with E-state index in [1.165, 1.54) is 47.2 Å². The van der Waals surface area contributed by atoms with Crippen LogP contribution in [0.3, 0.4) is 0 Å². The normalized spacial score (nSPS) is 24.8. The molecule has 5 rings (SSSR count). The molecule has 2 heterocycles. The van der Waals surface area contributed by atoms with Crippen molar-refractivity contribution in [3.05, 3.63) is 59.2 Å². The highest BCUT2D eigenvalue weighted by atomic mass is 16.4. The number of carbonyl (C=O) groups is 2. The van der Waals surface area contributed by atoms with Gasteiger partial charge in [-0.05, 0) is 86.2 Å². The molecule has 1 N–H and O–H groups in total. The van der Waals surface area contributed by atoms with Crippen molar-refractivity contribution in [2.45, 2.75) is 70.9 Å². The summed E-state index contributed by atoms with van der Waals surface area (Å²) < 4.78 is 0. The van der Waals surface area contributed by atoms with E-state index in [4.69, 9.17) is 0 Å². The van der Waals surface area contributed by atoms with Gasteiger partial charge in [-0.2, -0.15) is 0 Å². The third kappa shape index (κ3) is 5.45. The summed E-state index contributed by atoms with van der Waals surface area (Å²) in [7, 11) is 0. The number of rotatable bonds is 6. The molecular formula is C30H38N2O3. The van der Waals surface area contributed by atoms with Crippen LogP contribution in [-0.2, 0) is 29.0 Å². The molecule has 0 bridgehead atoms. The number of carbonyl (C=O) groups excluding carboxylic acids is 1. The first-order chi connectivity index (χ1) is 17.0. The van der Waals surface area contributed by atoms with Crippen molar-refractivity contribution in [1.82, 2.24) is 9.80 Å². The fraction of sp³-hybridized carbons (Fsp3) is 0.533. The van der Waals surface area contributed by atoms with Gasteiger partial charge in [-0.3, -0.25) is 9.59 Å². The Morgan fingerprint density at radius 2 is 1.69 bits per heavy atom. The summed E-state index contributed by atoms with van der Waals surface area (Å²) in [5.74, 6) is -1.12. The predicted octanol–water partition coefficient (Wildman–Crippen LogP) is 5.16. The lowest BCUT2D eigenvalue weighted by Gasteiger charge is -2.34. The lowest BCUT2D eigenvalue weighted by atomic mass is 9.80. The minimum Gasteiger partial charge on any atom is -0.481 e. The van der Waals surface area contributed by atoms with Crippen LogP contribution in [0.2, 0.25) is 0 Å². The smallest absolute Gasteiger partial charge is 0.306 e. The predicted molar refractivity (Wildman–Crippen MR) is 138 cm³/mol. The summed E-state index contributed by atoms with van der Waals surface area (Å²) in [5, 5.41) is 9.37. The molecular weight excluding hydrogens is 436 g/mol. The van der Waals surface area contributed by atoms with E-state index in [-0.39, 0.29) is 17.7 Å². The first-order valence-electron chi connectivity index (χ1n) is 13.4. The largest absolute Gasteiger partial charge is 0.481 e. The van der Waals surface area contributed by atoms with Crippen LogP contribution in [0.25, 0.3) is 11.1 Å².